The molecule has 2 heterocycles. The first-order valence-electron chi connectivity index (χ1n) is 10.1. The average molecular weight is 448 g/mol. The molecule has 4 rings (SSSR count). The van der Waals surface area contributed by atoms with Crippen molar-refractivity contribution in [1.82, 2.24) is 9.88 Å². The normalized spacial score (nSPS) is 12.5. The molecule has 0 unspecified atom stereocenters. The quantitative estimate of drug-likeness (QED) is 0.440. The van der Waals surface area contributed by atoms with Crippen LogP contribution >= 0.6 is 11.6 Å². The Labute approximate surface area is 191 Å². The first kappa shape index (κ1) is 21.5. The Bertz CT molecular complexity index is 1280. The molecule has 1 aliphatic rings. The van der Waals surface area contributed by atoms with E-state index < -0.39 is 5.91 Å². The lowest BCUT2D eigenvalue weighted by Gasteiger charge is -2.13. The van der Waals surface area contributed by atoms with Crippen LogP contribution in [0.2, 0.25) is 5.02 Å². The van der Waals surface area contributed by atoms with Gasteiger partial charge in [-0.2, -0.15) is 5.26 Å². The van der Waals surface area contributed by atoms with Gasteiger partial charge in [0.15, 0.2) is 11.5 Å². The van der Waals surface area contributed by atoms with Crippen molar-refractivity contribution in [2.45, 2.75) is 27.3 Å². The highest BCUT2D eigenvalue weighted by Crippen LogP contribution is 2.32. The maximum absolute atomic E-state index is 12.7. The molecule has 0 atom stereocenters. The van der Waals surface area contributed by atoms with Crippen molar-refractivity contribution >= 4 is 23.6 Å². The van der Waals surface area contributed by atoms with E-state index in [1.165, 1.54) is 0 Å². The summed E-state index contributed by atoms with van der Waals surface area (Å²) in [7, 11) is 0. The predicted molar refractivity (Wildman–Crippen MR) is 123 cm³/mol. The van der Waals surface area contributed by atoms with Crippen LogP contribution < -0.4 is 14.8 Å². The fourth-order valence-electron chi connectivity index (χ4n) is 3.78. The van der Waals surface area contributed by atoms with Crippen LogP contribution in [-0.2, 0) is 11.3 Å². The molecule has 1 N–H and O–H groups in total. The molecule has 2 aromatic carbocycles. The number of rotatable bonds is 5. The van der Waals surface area contributed by atoms with E-state index >= 15 is 0 Å². The molecule has 32 heavy (non-hydrogen) atoms. The zero-order valence-electron chi connectivity index (χ0n) is 18.0. The van der Waals surface area contributed by atoms with Gasteiger partial charge in [0.25, 0.3) is 5.91 Å². The number of benzene rings is 2. The Morgan fingerprint density at radius 1 is 1.19 bits per heavy atom. The number of aromatic nitrogens is 1. The highest BCUT2D eigenvalue weighted by molar-refractivity contribution is 6.31. The lowest BCUT2D eigenvalue weighted by molar-refractivity contribution is -0.117. The Morgan fingerprint density at radius 2 is 1.97 bits per heavy atom. The van der Waals surface area contributed by atoms with Crippen molar-refractivity contribution in [3.63, 3.8) is 0 Å². The summed E-state index contributed by atoms with van der Waals surface area (Å²) in [5.41, 5.74) is 5.53. The van der Waals surface area contributed by atoms with Gasteiger partial charge in [-0.1, -0.05) is 23.7 Å². The first-order valence-corrected chi connectivity index (χ1v) is 10.5. The summed E-state index contributed by atoms with van der Waals surface area (Å²) in [4.78, 5) is 12.7. The zero-order valence-corrected chi connectivity index (χ0v) is 18.8. The van der Waals surface area contributed by atoms with Gasteiger partial charge in [-0.3, -0.25) is 4.79 Å². The number of fused-ring (bicyclic) bond motifs is 1. The monoisotopic (exact) mass is 447 g/mol. The summed E-state index contributed by atoms with van der Waals surface area (Å²) in [6, 6.07) is 15.2. The molecule has 6 nitrogen and oxygen atoms in total. The number of aryl methyl sites for hydroxylation is 1. The number of hydrogen-bond acceptors (Lipinski definition) is 4. The SMILES string of the molecule is Cc1c(Cl)cccc1-n1c(C)cc(/C=C(\C#N)C(=O)NCc2ccc3c(c2)OCO3)c1C. The molecule has 0 spiro atoms. The number of nitrogens with one attached hydrogen (secondary N) is 1. The van der Waals surface area contributed by atoms with Crippen molar-refractivity contribution in [3.8, 4) is 23.3 Å². The second-order valence-electron chi connectivity index (χ2n) is 7.59. The van der Waals surface area contributed by atoms with Gasteiger partial charge in [-0.15, -0.1) is 0 Å². The number of hydrogen-bond donors (Lipinski definition) is 1. The second-order valence-corrected chi connectivity index (χ2v) is 7.99. The van der Waals surface area contributed by atoms with E-state index in [-0.39, 0.29) is 18.9 Å². The Balaban J connectivity index is 1.56. The first-order chi connectivity index (χ1) is 15.4. The number of amides is 1. The molecule has 0 fully saturated rings. The number of carbonyl (C=O) groups is 1. The van der Waals surface area contributed by atoms with Gasteiger partial charge in [0, 0.05) is 28.6 Å². The standard InChI is InChI=1S/C25H22ClN3O3/c1-15-9-19(17(3)29(15)22-6-4-5-21(26)16(22)2)11-20(12-27)25(30)28-13-18-7-8-23-24(10-18)32-14-31-23/h4-11H,13-14H2,1-3H3,(H,28,30)/b20-11+. The van der Waals surface area contributed by atoms with Gasteiger partial charge >= 0.3 is 0 Å². The van der Waals surface area contributed by atoms with Crippen molar-refractivity contribution in [2.24, 2.45) is 0 Å². The summed E-state index contributed by atoms with van der Waals surface area (Å²) in [6.45, 7) is 6.38. The van der Waals surface area contributed by atoms with Gasteiger partial charge in [-0.25, -0.2) is 0 Å². The topological polar surface area (TPSA) is 76.3 Å². The van der Waals surface area contributed by atoms with E-state index in [1.54, 1.807) is 12.1 Å². The lowest BCUT2D eigenvalue weighted by Crippen LogP contribution is -2.23. The fraction of sp³-hybridized carbons (Fsp3) is 0.200. The number of nitriles is 1. The summed E-state index contributed by atoms with van der Waals surface area (Å²) in [5, 5.41) is 13.1. The molecule has 1 aliphatic heterocycles. The maximum atomic E-state index is 12.7. The van der Waals surface area contributed by atoms with E-state index in [1.807, 2.05) is 63.2 Å². The maximum Gasteiger partial charge on any atom is 0.262 e. The van der Waals surface area contributed by atoms with Gasteiger partial charge in [0.2, 0.25) is 6.79 Å². The average Bonchev–Trinajstić information content (AvgIpc) is 3.36. The van der Waals surface area contributed by atoms with Crippen molar-refractivity contribution in [1.29, 1.82) is 5.26 Å². The molecule has 3 aromatic rings. The van der Waals surface area contributed by atoms with Crippen molar-refractivity contribution < 1.29 is 14.3 Å². The van der Waals surface area contributed by atoms with Crippen LogP contribution in [0.1, 0.15) is 28.1 Å². The van der Waals surface area contributed by atoms with Gasteiger partial charge in [0.05, 0.1) is 0 Å². The fourth-order valence-corrected chi connectivity index (χ4v) is 3.94. The second kappa shape index (κ2) is 8.81. The highest BCUT2D eigenvalue weighted by atomic mass is 35.5. The van der Waals surface area contributed by atoms with E-state index in [0.717, 1.165) is 33.8 Å². The number of nitrogens with zero attached hydrogens (tertiary/aromatic N) is 2. The van der Waals surface area contributed by atoms with Crippen LogP contribution in [0.25, 0.3) is 11.8 Å². The Kier molecular flexibility index (Phi) is 5.93. The van der Waals surface area contributed by atoms with Crippen LogP contribution in [-0.4, -0.2) is 17.3 Å². The van der Waals surface area contributed by atoms with E-state index in [4.69, 9.17) is 21.1 Å². The molecule has 0 aliphatic carbocycles. The number of carbonyl (C=O) groups excluding carboxylic acids is 1. The molecule has 0 saturated heterocycles. The van der Waals surface area contributed by atoms with E-state index in [0.29, 0.717) is 16.5 Å². The third-order valence-corrected chi connectivity index (χ3v) is 5.91. The van der Waals surface area contributed by atoms with Crippen molar-refractivity contribution in [3.05, 3.63) is 81.1 Å². The summed E-state index contributed by atoms with van der Waals surface area (Å²) < 4.78 is 12.7. The molecule has 0 radical (unpaired) electrons. The molecule has 162 valence electrons. The van der Waals surface area contributed by atoms with Gasteiger partial charge in [-0.05, 0) is 73.9 Å². The Hall–Kier alpha value is -3.69. The Morgan fingerprint density at radius 3 is 2.75 bits per heavy atom. The summed E-state index contributed by atoms with van der Waals surface area (Å²) in [5.74, 6) is 0.897. The third-order valence-electron chi connectivity index (χ3n) is 5.51. The highest BCUT2D eigenvalue weighted by Gasteiger charge is 2.17. The van der Waals surface area contributed by atoms with E-state index in [9.17, 15) is 10.1 Å². The van der Waals surface area contributed by atoms with E-state index in [2.05, 4.69) is 9.88 Å². The molecular formula is C25H22ClN3O3. The van der Waals surface area contributed by atoms with Gasteiger partial charge in [0.1, 0.15) is 11.6 Å². The van der Waals surface area contributed by atoms with Crippen LogP contribution in [0.15, 0.2) is 48.0 Å². The van der Waals surface area contributed by atoms with Crippen LogP contribution in [0.4, 0.5) is 0 Å². The van der Waals surface area contributed by atoms with Crippen LogP contribution in [0.3, 0.4) is 0 Å². The number of halogens is 1. The smallest absolute Gasteiger partial charge is 0.262 e. The van der Waals surface area contributed by atoms with Gasteiger partial charge < -0.3 is 19.4 Å². The molecule has 1 amide bonds. The minimum Gasteiger partial charge on any atom is -0.454 e. The third kappa shape index (κ3) is 4.08. The molecule has 0 bridgehead atoms. The molecule has 1 aromatic heterocycles. The van der Waals surface area contributed by atoms with Crippen molar-refractivity contribution in [2.75, 3.05) is 6.79 Å². The summed E-state index contributed by atoms with van der Waals surface area (Å²) in [6.07, 6.45) is 1.62. The summed E-state index contributed by atoms with van der Waals surface area (Å²) >= 11 is 6.30. The largest absolute Gasteiger partial charge is 0.454 e. The molecule has 0 saturated carbocycles. The predicted octanol–water partition coefficient (Wildman–Crippen LogP) is 5.01. The van der Waals surface area contributed by atoms with Crippen LogP contribution in [0.5, 0.6) is 11.5 Å². The molecule has 7 heteroatoms. The zero-order chi connectivity index (χ0) is 22.8. The number of ether oxygens (including phenoxy) is 2. The lowest BCUT2D eigenvalue weighted by atomic mass is 10.1. The minimum atomic E-state index is -0.436. The molecular weight excluding hydrogens is 426 g/mol. The minimum absolute atomic E-state index is 0.0359. The van der Waals surface area contributed by atoms with Crippen LogP contribution in [0, 0.1) is 32.1 Å².